The molecule has 9 nitrogen and oxygen atoms in total. The van der Waals surface area contributed by atoms with Gasteiger partial charge in [-0.15, -0.1) is 11.3 Å². The molecule has 152 valence electrons. The molecule has 1 atom stereocenters. The predicted octanol–water partition coefficient (Wildman–Crippen LogP) is 1.34. The second-order valence-electron chi connectivity index (χ2n) is 6.64. The van der Waals surface area contributed by atoms with Crippen molar-refractivity contribution < 1.29 is 27.5 Å². The van der Waals surface area contributed by atoms with E-state index in [0.717, 1.165) is 16.3 Å². The van der Waals surface area contributed by atoms with Gasteiger partial charge >= 0.3 is 5.97 Å². The third kappa shape index (κ3) is 4.41. The summed E-state index contributed by atoms with van der Waals surface area (Å²) in [5, 5.41) is 8.45. The number of carbonyl (C=O) groups excluding carboxylic acids is 3. The molecule has 1 N–H and O–H groups in total. The summed E-state index contributed by atoms with van der Waals surface area (Å²) in [4.78, 5) is 37.0. The van der Waals surface area contributed by atoms with E-state index in [-0.39, 0.29) is 42.6 Å². The summed E-state index contributed by atoms with van der Waals surface area (Å²) in [5.74, 6) is -1.32. The molecule has 1 saturated heterocycles. The van der Waals surface area contributed by atoms with Crippen LogP contribution < -0.4 is 5.32 Å². The van der Waals surface area contributed by atoms with E-state index >= 15 is 0 Å². The molecule has 0 aromatic carbocycles. The molecule has 1 fully saturated rings. The lowest BCUT2D eigenvalue weighted by atomic mass is 10.1. The molecule has 11 heteroatoms. The number of hydrazone groups is 1. The Labute approximate surface area is 166 Å². The molecular formula is C17H21N3O6S2. The van der Waals surface area contributed by atoms with Crippen LogP contribution in [0.3, 0.4) is 0 Å². The summed E-state index contributed by atoms with van der Waals surface area (Å²) in [6.45, 7) is 3.72. The molecule has 2 amide bonds. The van der Waals surface area contributed by atoms with E-state index in [1.54, 1.807) is 19.9 Å². The lowest BCUT2D eigenvalue weighted by Gasteiger charge is -2.27. The SMILES string of the molecule is CCOC(=O)c1sc(NC(=O)C2=NN(C3CCS(=O)(=O)C3)C(=O)CC2)cc1C. The number of rotatable bonds is 5. The van der Waals surface area contributed by atoms with E-state index < -0.39 is 27.8 Å². The molecule has 0 aliphatic carbocycles. The van der Waals surface area contributed by atoms with Crippen molar-refractivity contribution in [2.45, 2.75) is 39.2 Å². The summed E-state index contributed by atoms with van der Waals surface area (Å²) in [7, 11) is -3.18. The van der Waals surface area contributed by atoms with Gasteiger partial charge in [-0.05, 0) is 31.9 Å². The first-order valence-electron chi connectivity index (χ1n) is 8.89. The molecule has 1 unspecified atom stereocenters. The quantitative estimate of drug-likeness (QED) is 0.708. The number of ether oxygens (including phenoxy) is 1. The maximum Gasteiger partial charge on any atom is 0.348 e. The zero-order chi connectivity index (χ0) is 20.5. The van der Waals surface area contributed by atoms with Crippen LogP contribution in [0.1, 0.15) is 41.4 Å². The maximum absolute atomic E-state index is 12.6. The molecule has 28 heavy (non-hydrogen) atoms. The van der Waals surface area contributed by atoms with Gasteiger partial charge in [0.05, 0.1) is 29.2 Å². The molecule has 2 aliphatic heterocycles. The van der Waals surface area contributed by atoms with E-state index in [1.807, 2.05) is 0 Å². The number of hydrogen-bond donors (Lipinski definition) is 1. The van der Waals surface area contributed by atoms with Gasteiger partial charge in [0.1, 0.15) is 10.6 Å². The average molecular weight is 428 g/mol. The van der Waals surface area contributed by atoms with Crippen molar-refractivity contribution in [1.29, 1.82) is 0 Å². The summed E-state index contributed by atoms with van der Waals surface area (Å²) >= 11 is 1.10. The summed E-state index contributed by atoms with van der Waals surface area (Å²) in [5.41, 5.74) is 0.852. The summed E-state index contributed by atoms with van der Waals surface area (Å²) in [6, 6.07) is 1.14. The highest BCUT2D eigenvalue weighted by Gasteiger charge is 2.37. The molecule has 0 spiro atoms. The van der Waals surface area contributed by atoms with Crippen LogP contribution >= 0.6 is 11.3 Å². The van der Waals surface area contributed by atoms with Crippen LogP contribution in [0.15, 0.2) is 11.2 Å². The van der Waals surface area contributed by atoms with Crippen LogP contribution in [0, 0.1) is 6.92 Å². The fraction of sp³-hybridized carbons (Fsp3) is 0.529. The Morgan fingerprint density at radius 1 is 1.39 bits per heavy atom. The average Bonchev–Trinajstić information content (AvgIpc) is 3.17. The van der Waals surface area contributed by atoms with Crippen LogP contribution in [-0.2, 0) is 24.2 Å². The van der Waals surface area contributed by atoms with Gasteiger partial charge in [0.2, 0.25) is 5.91 Å². The predicted molar refractivity (Wildman–Crippen MR) is 104 cm³/mol. The Hall–Kier alpha value is -2.27. The highest BCUT2D eigenvalue weighted by Crippen LogP contribution is 2.28. The number of nitrogens with one attached hydrogen (secondary N) is 1. The lowest BCUT2D eigenvalue weighted by molar-refractivity contribution is -0.133. The van der Waals surface area contributed by atoms with E-state index in [2.05, 4.69) is 10.4 Å². The smallest absolute Gasteiger partial charge is 0.348 e. The highest BCUT2D eigenvalue weighted by atomic mass is 32.2. The second kappa shape index (κ2) is 8.00. The Bertz CT molecular complexity index is 950. The minimum Gasteiger partial charge on any atom is -0.462 e. The number of esters is 1. The van der Waals surface area contributed by atoms with Crippen molar-refractivity contribution in [3.05, 3.63) is 16.5 Å². The topological polar surface area (TPSA) is 122 Å². The molecule has 2 aliphatic rings. The first-order chi connectivity index (χ1) is 13.2. The summed E-state index contributed by atoms with van der Waals surface area (Å²) in [6.07, 6.45) is 0.593. The third-order valence-electron chi connectivity index (χ3n) is 4.49. The molecular weight excluding hydrogens is 406 g/mol. The molecule has 1 aromatic rings. The largest absolute Gasteiger partial charge is 0.462 e. The molecule has 0 saturated carbocycles. The Kier molecular flexibility index (Phi) is 5.84. The Balaban J connectivity index is 1.73. The minimum absolute atomic E-state index is 0.0175. The number of anilines is 1. The van der Waals surface area contributed by atoms with Gasteiger partial charge in [0.25, 0.3) is 5.91 Å². The first-order valence-corrected chi connectivity index (χ1v) is 11.5. The molecule has 3 rings (SSSR count). The van der Waals surface area contributed by atoms with E-state index in [4.69, 9.17) is 4.74 Å². The van der Waals surface area contributed by atoms with Crippen molar-refractivity contribution in [3.8, 4) is 0 Å². The van der Waals surface area contributed by atoms with Gasteiger partial charge in [0, 0.05) is 12.8 Å². The monoisotopic (exact) mass is 427 g/mol. The fourth-order valence-corrected chi connectivity index (χ4v) is 5.77. The molecule has 3 heterocycles. The second-order valence-corrected chi connectivity index (χ2v) is 9.92. The number of carbonyl (C=O) groups is 3. The van der Waals surface area contributed by atoms with Crippen molar-refractivity contribution >= 4 is 49.7 Å². The molecule has 1 aromatic heterocycles. The van der Waals surface area contributed by atoms with Gasteiger partial charge in [-0.2, -0.15) is 5.10 Å². The van der Waals surface area contributed by atoms with Crippen LogP contribution in [0.4, 0.5) is 5.00 Å². The maximum atomic E-state index is 12.6. The first kappa shape index (κ1) is 20.5. The van der Waals surface area contributed by atoms with E-state index in [0.29, 0.717) is 21.9 Å². The van der Waals surface area contributed by atoms with Gasteiger partial charge in [0.15, 0.2) is 9.84 Å². The standard InChI is InChI=1S/C17H21N3O6S2/c1-3-26-17(23)15-10(2)8-13(27-15)18-16(22)12-4-5-14(21)20(19-12)11-6-7-28(24,25)9-11/h8,11H,3-7,9H2,1-2H3,(H,18,22). The highest BCUT2D eigenvalue weighted by molar-refractivity contribution is 7.91. The number of thiophene rings is 1. The Morgan fingerprint density at radius 2 is 2.14 bits per heavy atom. The number of sulfone groups is 1. The van der Waals surface area contributed by atoms with Crippen molar-refractivity contribution in [3.63, 3.8) is 0 Å². The van der Waals surface area contributed by atoms with Crippen molar-refractivity contribution in [2.24, 2.45) is 5.10 Å². The van der Waals surface area contributed by atoms with Gasteiger partial charge < -0.3 is 10.1 Å². The number of amides is 2. The molecule has 0 bridgehead atoms. The van der Waals surface area contributed by atoms with E-state index in [1.165, 1.54) is 0 Å². The number of hydrogen-bond acceptors (Lipinski definition) is 8. The third-order valence-corrected chi connectivity index (χ3v) is 7.37. The summed E-state index contributed by atoms with van der Waals surface area (Å²) < 4.78 is 28.3. The van der Waals surface area contributed by atoms with Crippen molar-refractivity contribution in [1.82, 2.24) is 5.01 Å². The zero-order valence-corrected chi connectivity index (χ0v) is 17.2. The van der Waals surface area contributed by atoms with Crippen LogP contribution in [0.25, 0.3) is 0 Å². The fourth-order valence-electron chi connectivity index (χ4n) is 3.12. The minimum atomic E-state index is -3.18. The van der Waals surface area contributed by atoms with Crippen LogP contribution in [0.5, 0.6) is 0 Å². The van der Waals surface area contributed by atoms with E-state index in [9.17, 15) is 22.8 Å². The van der Waals surface area contributed by atoms with Crippen molar-refractivity contribution in [2.75, 3.05) is 23.4 Å². The van der Waals surface area contributed by atoms with Crippen LogP contribution in [-0.4, -0.2) is 61.1 Å². The zero-order valence-electron chi connectivity index (χ0n) is 15.6. The Morgan fingerprint density at radius 3 is 2.79 bits per heavy atom. The van der Waals surface area contributed by atoms with Gasteiger partial charge in [-0.1, -0.05) is 0 Å². The lowest BCUT2D eigenvalue weighted by Crippen LogP contribution is -2.42. The van der Waals surface area contributed by atoms with Crippen LogP contribution in [0.2, 0.25) is 0 Å². The van der Waals surface area contributed by atoms with Gasteiger partial charge in [-0.25, -0.2) is 18.2 Å². The molecule has 0 radical (unpaired) electrons. The number of aryl methyl sites for hydroxylation is 1. The van der Waals surface area contributed by atoms with Gasteiger partial charge in [-0.3, -0.25) is 9.59 Å². The normalized spacial score (nSPS) is 21.4. The number of nitrogens with zero attached hydrogens (tertiary/aromatic N) is 2.